The fraction of sp³-hybridized carbons (Fsp3) is 0.200. The number of hydrogen-bond acceptors (Lipinski definition) is 5. The number of nitrogens with zero attached hydrogens (tertiary/aromatic N) is 3. The Morgan fingerprint density at radius 1 is 1.06 bits per heavy atom. The van der Waals surface area contributed by atoms with Crippen molar-refractivity contribution in [3.8, 4) is 0 Å². The fourth-order valence-electron chi connectivity index (χ4n) is 4.20. The number of aromatic nitrogens is 3. The molecule has 0 saturated carbocycles. The molecule has 0 aliphatic heterocycles. The zero-order valence-corrected chi connectivity index (χ0v) is 18.3. The Balaban J connectivity index is 1.33. The van der Waals surface area contributed by atoms with Crippen molar-refractivity contribution in [2.24, 2.45) is 0 Å². The van der Waals surface area contributed by atoms with Crippen LogP contribution in [0.1, 0.15) is 23.2 Å². The molecule has 1 amide bonds. The average molecular weight is 443 g/mol. The minimum Gasteiger partial charge on any atom is -0.325 e. The molecule has 0 radical (unpaired) electrons. The van der Waals surface area contributed by atoms with Crippen LogP contribution in [0.4, 0.5) is 5.69 Å². The van der Waals surface area contributed by atoms with E-state index >= 15 is 0 Å². The Bertz CT molecular complexity index is 1350. The second-order valence-electron chi connectivity index (χ2n) is 7.79. The zero-order chi connectivity index (χ0) is 21.9. The number of thioether (sulfide) groups is 1. The number of rotatable bonds is 6. The topological polar surface area (TPSA) is 76.9 Å². The Morgan fingerprint density at radius 3 is 2.81 bits per heavy atom. The molecule has 32 heavy (non-hydrogen) atoms. The number of anilines is 1. The van der Waals surface area contributed by atoms with Crippen molar-refractivity contribution in [3.63, 3.8) is 0 Å². The molecular formula is C25H22N4O2S. The van der Waals surface area contributed by atoms with E-state index in [9.17, 15) is 9.59 Å². The summed E-state index contributed by atoms with van der Waals surface area (Å²) in [4.78, 5) is 34.0. The van der Waals surface area contributed by atoms with Gasteiger partial charge in [0.05, 0.1) is 12.3 Å². The van der Waals surface area contributed by atoms with Crippen LogP contribution in [0.5, 0.6) is 0 Å². The number of nitrogens with one attached hydrogen (secondary N) is 1. The van der Waals surface area contributed by atoms with Gasteiger partial charge >= 0.3 is 5.69 Å². The molecule has 2 aromatic heterocycles. The first kappa shape index (κ1) is 20.5. The van der Waals surface area contributed by atoms with E-state index in [0.717, 1.165) is 52.5 Å². The normalized spacial score (nSPS) is 12.6. The number of fused-ring (bicyclic) bond motifs is 2. The molecule has 7 heteroatoms. The molecule has 4 aromatic rings. The molecule has 0 saturated heterocycles. The van der Waals surface area contributed by atoms with E-state index in [1.807, 2.05) is 54.6 Å². The summed E-state index contributed by atoms with van der Waals surface area (Å²) >= 11 is 1.34. The van der Waals surface area contributed by atoms with Gasteiger partial charge in [-0.2, -0.15) is 4.98 Å². The standard InChI is InChI=1S/C25H22N4O2S/c30-23(27-21-11-3-8-18-7-1-2-9-19(18)21)16-32-24-20-10-4-12-22(20)29(25(31)28-24)15-17-6-5-13-26-14-17/h1-3,5-9,11,13-14H,4,10,12,15-16H2,(H,27,30). The van der Waals surface area contributed by atoms with Crippen molar-refractivity contribution in [1.29, 1.82) is 0 Å². The molecule has 2 aromatic carbocycles. The summed E-state index contributed by atoms with van der Waals surface area (Å²) in [6.07, 6.45) is 6.21. The first-order chi connectivity index (χ1) is 15.7. The van der Waals surface area contributed by atoms with E-state index < -0.39 is 0 Å². The van der Waals surface area contributed by atoms with Gasteiger partial charge in [0.2, 0.25) is 5.91 Å². The smallest absolute Gasteiger partial charge is 0.325 e. The number of benzene rings is 2. The van der Waals surface area contributed by atoms with Gasteiger partial charge in [0, 0.05) is 34.7 Å². The third kappa shape index (κ3) is 4.16. The van der Waals surface area contributed by atoms with Crippen LogP contribution < -0.4 is 11.0 Å². The number of carbonyl (C=O) groups excluding carboxylic acids is 1. The maximum Gasteiger partial charge on any atom is 0.349 e. The Labute approximate surface area is 189 Å². The van der Waals surface area contributed by atoms with Crippen LogP contribution in [-0.2, 0) is 24.2 Å². The molecular weight excluding hydrogens is 420 g/mol. The van der Waals surface area contributed by atoms with E-state index in [-0.39, 0.29) is 17.3 Å². The van der Waals surface area contributed by atoms with Crippen LogP contribution in [-0.4, -0.2) is 26.2 Å². The minimum atomic E-state index is -0.272. The summed E-state index contributed by atoms with van der Waals surface area (Å²) in [5.41, 5.74) is 3.62. The molecule has 0 atom stereocenters. The predicted octanol–water partition coefficient (Wildman–Crippen LogP) is 4.06. The lowest BCUT2D eigenvalue weighted by Crippen LogP contribution is -2.28. The third-order valence-corrected chi connectivity index (χ3v) is 6.69. The molecule has 160 valence electrons. The maximum atomic E-state index is 12.8. The van der Waals surface area contributed by atoms with Gasteiger partial charge in [0.25, 0.3) is 0 Å². The van der Waals surface area contributed by atoms with Gasteiger partial charge in [-0.1, -0.05) is 54.2 Å². The molecule has 5 rings (SSSR count). The van der Waals surface area contributed by atoms with Crippen LogP contribution in [0.3, 0.4) is 0 Å². The van der Waals surface area contributed by atoms with Crippen molar-refractivity contribution in [3.05, 3.63) is 94.3 Å². The highest BCUT2D eigenvalue weighted by Crippen LogP contribution is 2.30. The number of pyridine rings is 1. The van der Waals surface area contributed by atoms with Gasteiger partial charge in [0.15, 0.2) is 0 Å². The minimum absolute atomic E-state index is 0.112. The number of carbonyl (C=O) groups is 1. The lowest BCUT2D eigenvalue weighted by Gasteiger charge is -2.14. The largest absolute Gasteiger partial charge is 0.349 e. The molecule has 1 aliphatic carbocycles. The molecule has 0 bridgehead atoms. The van der Waals surface area contributed by atoms with Gasteiger partial charge in [-0.3, -0.25) is 14.3 Å². The van der Waals surface area contributed by atoms with Crippen LogP contribution in [0.2, 0.25) is 0 Å². The van der Waals surface area contributed by atoms with Crippen LogP contribution in [0.15, 0.2) is 76.8 Å². The second kappa shape index (κ2) is 8.96. The van der Waals surface area contributed by atoms with Gasteiger partial charge < -0.3 is 5.32 Å². The van der Waals surface area contributed by atoms with Gasteiger partial charge in [-0.25, -0.2) is 4.79 Å². The number of hydrogen-bond donors (Lipinski definition) is 1. The van der Waals surface area contributed by atoms with Crippen LogP contribution in [0, 0.1) is 0 Å². The quantitative estimate of drug-likeness (QED) is 0.360. The second-order valence-corrected chi connectivity index (χ2v) is 8.75. The highest BCUT2D eigenvalue weighted by Gasteiger charge is 2.22. The summed E-state index contributed by atoms with van der Waals surface area (Å²) in [7, 11) is 0. The van der Waals surface area contributed by atoms with E-state index in [1.54, 1.807) is 17.0 Å². The van der Waals surface area contributed by atoms with Crippen molar-refractivity contribution >= 4 is 34.1 Å². The van der Waals surface area contributed by atoms with E-state index in [4.69, 9.17) is 0 Å². The molecule has 0 fully saturated rings. The van der Waals surface area contributed by atoms with E-state index in [2.05, 4.69) is 15.3 Å². The third-order valence-electron chi connectivity index (χ3n) is 5.67. The summed E-state index contributed by atoms with van der Waals surface area (Å²) in [5.74, 6) is 0.0915. The van der Waals surface area contributed by atoms with E-state index in [0.29, 0.717) is 11.6 Å². The zero-order valence-electron chi connectivity index (χ0n) is 17.5. The van der Waals surface area contributed by atoms with E-state index in [1.165, 1.54) is 11.8 Å². The van der Waals surface area contributed by atoms with Crippen LogP contribution in [0.25, 0.3) is 10.8 Å². The van der Waals surface area contributed by atoms with Crippen molar-refractivity contribution < 1.29 is 4.79 Å². The Kier molecular flexibility index (Phi) is 5.73. The summed E-state index contributed by atoms with van der Waals surface area (Å²) in [6, 6.07) is 17.6. The van der Waals surface area contributed by atoms with Gasteiger partial charge in [-0.15, -0.1) is 0 Å². The SMILES string of the molecule is O=C(CSc1nc(=O)n(Cc2cccnc2)c2c1CCC2)Nc1cccc2ccccc12. The van der Waals surface area contributed by atoms with Gasteiger partial charge in [0.1, 0.15) is 5.03 Å². The lowest BCUT2D eigenvalue weighted by molar-refractivity contribution is -0.113. The van der Waals surface area contributed by atoms with Crippen molar-refractivity contribution in [2.75, 3.05) is 11.1 Å². The lowest BCUT2D eigenvalue weighted by atomic mass is 10.1. The summed E-state index contributed by atoms with van der Waals surface area (Å²) in [5, 5.41) is 5.77. The van der Waals surface area contributed by atoms with Gasteiger partial charge in [-0.05, 0) is 42.3 Å². The molecule has 0 unspecified atom stereocenters. The Hall–Kier alpha value is -3.45. The summed E-state index contributed by atoms with van der Waals surface area (Å²) < 4.78 is 1.75. The number of amides is 1. The van der Waals surface area contributed by atoms with Crippen molar-refractivity contribution in [2.45, 2.75) is 30.8 Å². The Morgan fingerprint density at radius 2 is 1.94 bits per heavy atom. The first-order valence-corrected chi connectivity index (χ1v) is 11.6. The first-order valence-electron chi connectivity index (χ1n) is 10.6. The summed E-state index contributed by atoms with van der Waals surface area (Å²) in [6.45, 7) is 0.467. The average Bonchev–Trinajstić information content (AvgIpc) is 3.31. The van der Waals surface area contributed by atoms with Crippen molar-refractivity contribution in [1.82, 2.24) is 14.5 Å². The molecule has 2 heterocycles. The molecule has 6 nitrogen and oxygen atoms in total. The molecule has 1 aliphatic rings. The predicted molar refractivity (Wildman–Crippen MR) is 127 cm³/mol. The van der Waals surface area contributed by atoms with Crippen LogP contribution >= 0.6 is 11.8 Å². The molecule has 0 spiro atoms. The highest BCUT2D eigenvalue weighted by atomic mass is 32.2. The fourth-order valence-corrected chi connectivity index (χ4v) is 5.07. The molecule has 1 N–H and O–H groups in total. The monoisotopic (exact) mass is 442 g/mol. The maximum absolute atomic E-state index is 12.8. The highest BCUT2D eigenvalue weighted by molar-refractivity contribution is 8.00.